The van der Waals surface area contributed by atoms with Crippen molar-refractivity contribution in [2.24, 2.45) is 11.8 Å². The van der Waals surface area contributed by atoms with Gasteiger partial charge in [-0.3, -0.25) is 4.79 Å². The Kier molecular flexibility index (Phi) is 6.25. The molecule has 1 aromatic heterocycles. The first-order valence-corrected chi connectivity index (χ1v) is 10.2. The summed E-state index contributed by atoms with van der Waals surface area (Å²) in [6.45, 7) is 8.08. The molecule has 1 aliphatic heterocycles. The fourth-order valence-electron chi connectivity index (χ4n) is 3.07. The molecule has 5 nitrogen and oxygen atoms in total. The Labute approximate surface area is 160 Å². The maximum atomic E-state index is 12.4. The third kappa shape index (κ3) is 4.81. The first-order chi connectivity index (χ1) is 12.5. The fraction of sp³-hybridized carbons (Fsp3) is 0.550. The van der Waals surface area contributed by atoms with Crippen molar-refractivity contribution in [2.45, 2.75) is 46.1 Å². The molecule has 1 N–H and O–H groups in total. The van der Waals surface area contributed by atoms with Crippen LogP contribution in [0.2, 0.25) is 0 Å². The van der Waals surface area contributed by atoms with Gasteiger partial charge in [-0.15, -0.1) is 0 Å². The number of aromatic nitrogens is 2. The van der Waals surface area contributed by atoms with Crippen LogP contribution in [0, 0.1) is 11.8 Å². The molecule has 2 aromatic rings. The number of carbonyl (C=O) groups excluding carboxylic acids is 1. The highest BCUT2D eigenvalue weighted by Gasteiger charge is 2.27. The van der Waals surface area contributed by atoms with Crippen molar-refractivity contribution in [2.75, 3.05) is 18.0 Å². The predicted molar refractivity (Wildman–Crippen MR) is 107 cm³/mol. The summed E-state index contributed by atoms with van der Waals surface area (Å²) in [6, 6.07) is 10.5. The lowest BCUT2D eigenvalue weighted by molar-refractivity contribution is -0.126. The van der Waals surface area contributed by atoms with Crippen LogP contribution in [0.3, 0.4) is 0 Å². The van der Waals surface area contributed by atoms with E-state index in [0.717, 1.165) is 43.3 Å². The summed E-state index contributed by atoms with van der Waals surface area (Å²) in [6.07, 6.45) is 2.53. The minimum Gasteiger partial charge on any atom is -0.353 e. The maximum absolute atomic E-state index is 12.4. The van der Waals surface area contributed by atoms with Crippen LogP contribution >= 0.6 is 11.5 Å². The van der Waals surface area contributed by atoms with Crippen molar-refractivity contribution < 1.29 is 4.79 Å². The van der Waals surface area contributed by atoms with E-state index >= 15 is 0 Å². The normalized spacial score (nSPS) is 16.7. The average Bonchev–Trinajstić information content (AvgIpc) is 3.11. The number of nitrogens with one attached hydrogen (secondary N) is 1. The Morgan fingerprint density at radius 1 is 1.23 bits per heavy atom. The van der Waals surface area contributed by atoms with Gasteiger partial charge >= 0.3 is 0 Å². The lowest BCUT2D eigenvalue weighted by Crippen LogP contribution is -2.44. The summed E-state index contributed by atoms with van der Waals surface area (Å²) in [5, 5.41) is 4.13. The summed E-state index contributed by atoms with van der Waals surface area (Å²) in [4.78, 5) is 19.4. The van der Waals surface area contributed by atoms with Crippen molar-refractivity contribution in [3.8, 4) is 0 Å². The van der Waals surface area contributed by atoms with E-state index in [4.69, 9.17) is 4.98 Å². The van der Waals surface area contributed by atoms with Gasteiger partial charge in [0, 0.05) is 43.0 Å². The number of rotatable bonds is 6. The number of anilines is 1. The number of amides is 1. The zero-order chi connectivity index (χ0) is 18.5. The van der Waals surface area contributed by atoms with Crippen LogP contribution < -0.4 is 10.2 Å². The van der Waals surface area contributed by atoms with Crippen molar-refractivity contribution in [3.05, 3.63) is 41.7 Å². The van der Waals surface area contributed by atoms with E-state index in [9.17, 15) is 4.79 Å². The van der Waals surface area contributed by atoms with Crippen LogP contribution in [-0.4, -0.2) is 34.4 Å². The number of hydrogen-bond acceptors (Lipinski definition) is 5. The van der Waals surface area contributed by atoms with E-state index in [1.165, 1.54) is 17.1 Å². The quantitative estimate of drug-likeness (QED) is 0.843. The van der Waals surface area contributed by atoms with Crippen LogP contribution in [0.25, 0.3) is 0 Å². The average molecular weight is 373 g/mol. The molecule has 1 aromatic carbocycles. The number of hydrogen-bond donors (Lipinski definition) is 1. The van der Waals surface area contributed by atoms with Crippen LogP contribution in [0.1, 0.15) is 45.0 Å². The van der Waals surface area contributed by atoms with Gasteiger partial charge in [-0.2, -0.15) is 4.37 Å². The Hall–Kier alpha value is -1.95. The van der Waals surface area contributed by atoms with E-state index in [-0.39, 0.29) is 17.9 Å². The monoisotopic (exact) mass is 372 g/mol. The second kappa shape index (κ2) is 8.62. The summed E-state index contributed by atoms with van der Waals surface area (Å²) in [5.74, 6) is 1.65. The van der Waals surface area contributed by atoms with Crippen LogP contribution in [0.4, 0.5) is 5.13 Å². The first-order valence-electron chi connectivity index (χ1n) is 9.44. The van der Waals surface area contributed by atoms with Gasteiger partial charge in [0.1, 0.15) is 5.82 Å². The van der Waals surface area contributed by atoms with Crippen LogP contribution in [-0.2, 0) is 11.2 Å². The molecule has 0 unspecified atom stereocenters. The number of nitrogens with zero attached hydrogens (tertiary/aromatic N) is 3. The van der Waals surface area contributed by atoms with Crippen molar-refractivity contribution >= 4 is 22.6 Å². The van der Waals surface area contributed by atoms with E-state index in [0.29, 0.717) is 5.92 Å². The molecule has 1 atom stereocenters. The molecule has 0 radical (unpaired) electrons. The highest BCUT2D eigenvalue weighted by Crippen LogP contribution is 2.25. The second-order valence-corrected chi connectivity index (χ2v) is 8.19. The Bertz CT molecular complexity index is 708. The zero-order valence-corrected chi connectivity index (χ0v) is 16.6. The van der Waals surface area contributed by atoms with E-state index in [1.807, 2.05) is 18.2 Å². The van der Waals surface area contributed by atoms with Crippen molar-refractivity contribution in [3.63, 3.8) is 0 Å². The molecule has 140 valence electrons. The molecule has 0 aliphatic carbocycles. The van der Waals surface area contributed by atoms with Gasteiger partial charge in [-0.05, 0) is 31.2 Å². The van der Waals surface area contributed by atoms with Crippen LogP contribution in [0.5, 0.6) is 0 Å². The molecule has 1 amide bonds. The highest BCUT2D eigenvalue weighted by molar-refractivity contribution is 7.09. The van der Waals surface area contributed by atoms with Gasteiger partial charge in [0.05, 0.1) is 0 Å². The first kappa shape index (κ1) is 18.8. The standard InChI is InChI=1S/C20H28N4OS/c1-14(2)15(3)21-19(25)17-9-11-24(12-10-17)20-22-18(23-26-20)13-16-7-5-4-6-8-16/h4-8,14-15,17H,9-13H2,1-3H3,(H,21,25)/t15-/m1/s1. The predicted octanol–water partition coefficient (Wildman–Crippen LogP) is 3.51. The summed E-state index contributed by atoms with van der Waals surface area (Å²) in [7, 11) is 0. The SMILES string of the molecule is CC(C)[C@@H](C)NC(=O)C1CCN(c2nc(Cc3ccccc3)ns2)CC1. The summed E-state index contributed by atoms with van der Waals surface area (Å²) >= 11 is 1.46. The molecule has 1 saturated heterocycles. The third-order valence-electron chi connectivity index (χ3n) is 5.17. The minimum absolute atomic E-state index is 0.115. The lowest BCUT2D eigenvalue weighted by Gasteiger charge is -2.31. The second-order valence-electron chi connectivity index (χ2n) is 7.46. The topological polar surface area (TPSA) is 58.1 Å². The molecule has 0 spiro atoms. The molecule has 2 heterocycles. The van der Waals surface area contributed by atoms with E-state index < -0.39 is 0 Å². The molecule has 26 heavy (non-hydrogen) atoms. The highest BCUT2D eigenvalue weighted by atomic mass is 32.1. The number of benzene rings is 1. The van der Waals surface area contributed by atoms with Gasteiger partial charge in [0.15, 0.2) is 0 Å². The van der Waals surface area contributed by atoms with Gasteiger partial charge in [0.2, 0.25) is 11.0 Å². The van der Waals surface area contributed by atoms with Gasteiger partial charge in [-0.25, -0.2) is 4.98 Å². The van der Waals surface area contributed by atoms with Crippen LogP contribution in [0.15, 0.2) is 30.3 Å². The van der Waals surface area contributed by atoms with E-state index in [2.05, 4.69) is 47.5 Å². The fourth-order valence-corrected chi connectivity index (χ4v) is 3.80. The molecular weight excluding hydrogens is 344 g/mol. The Morgan fingerprint density at radius 2 is 1.92 bits per heavy atom. The lowest BCUT2D eigenvalue weighted by atomic mass is 9.95. The Balaban J connectivity index is 1.51. The van der Waals surface area contributed by atoms with Gasteiger partial charge in [0.25, 0.3) is 0 Å². The molecule has 1 aliphatic rings. The number of piperidine rings is 1. The molecule has 0 saturated carbocycles. The van der Waals surface area contributed by atoms with Gasteiger partial charge < -0.3 is 10.2 Å². The molecule has 6 heteroatoms. The molecular formula is C20H28N4OS. The number of carbonyl (C=O) groups is 1. The summed E-state index contributed by atoms with van der Waals surface area (Å²) in [5.41, 5.74) is 1.23. The van der Waals surface area contributed by atoms with Crippen molar-refractivity contribution in [1.29, 1.82) is 0 Å². The molecule has 0 bridgehead atoms. The van der Waals surface area contributed by atoms with Crippen molar-refractivity contribution in [1.82, 2.24) is 14.7 Å². The summed E-state index contributed by atoms with van der Waals surface area (Å²) < 4.78 is 4.51. The Morgan fingerprint density at radius 3 is 2.58 bits per heavy atom. The zero-order valence-electron chi connectivity index (χ0n) is 15.8. The minimum atomic E-state index is 0.115. The molecule has 1 fully saturated rings. The van der Waals surface area contributed by atoms with E-state index in [1.54, 1.807) is 0 Å². The maximum Gasteiger partial charge on any atom is 0.223 e. The largest absolute Gasteiger partial charge is 0.353 e. The molecule has 3 rings (SSSR count). The smallest absolute Gasteiger partial charge is 0.223 e. The van der Waals surface area contributed by atoms with Gasteiger partial charge in [-0.1, -0.05) is 44.2 Å². The third-order valence-corrected chi connectivity index (χ3v) is 5.98.